The van der Waals surface area contributed by atoms with Gasteiger partial charge in [0, 0.05) is 43.1 Å². The van der Waals surface area contributed by atoms with Crippen LogP contribution in [0.4, 0.5) is 5.95 Å². The molecule has 7 heteroatoms. The van der Waals surface area contributed by atoms with E-state index in [1.54, 1.807) is 6.20 Å². The maximum Gasteiger partial charge on any atom is 0.223 e. The molecule has 146 valence electrons. The molecule has 7 nitrogen and oxygen atoms in total. The van der Waals surface area contributed by atoms with Crippen LogP contribution in [0.2, 0.25) is 0 Å². The van der Waals surface area contributed by atoms with Crippen LogP contribution >= 0.6 is 0 Å². The van der Waals surface area contributed by atoms with Gasteiger partial charge in [-0.15, -0.1) is 0 Å². The van der Waals surface area contributed by atoms with E-state index >= 15 is 0 Å². The third-order valence-corrected chi connectivity index (χ3v) is 5.02. The van der Waals surface area contributed by atoms with Gasteiger partial charge in [-0.25, -0.2) is 15.4 Å². The van der Waals surface area contributed by atoms with Crippen molar-refractivity contribution in [3.8, 4) is 11.3 Å². The maximum atomic E-state index is 4.69. The molecule has 0 spiro atoms. The first-order valence-electron chi connectivity index (χ1n) is 9.90. The zero-order chi connectivity index (χ0) is 19.3. The second kappa shape index (κ2) is 8.50. The number of rotatable bonds is 7. The summed E-state index contributed by atoms with van der Waals surface area (Å²) in [4.78, 5) is 9.07. The molecule has 28 heavy (non-hydrogen) atoms. The van der Waals surface area contributed by atoms with Crippen molar-refractivity contribution in [2.45, 2.75) is 45.3 Å². The molecule has 3 aromatic rings. The summed E-state index contributed by atoms with van der Waals surface area (Å²) in [7, 11) is 0. The van der Waals surface area contributed by atoms with Gasteiger partial charge in [0.05, 0.1) is 11.4 Å². The molecule has 1 fully saturated rings. The van der Waals surface area contributed by atoms with Gasteiger partial charge in [0.1, 0.15) is 0 Å². The van der Waals surface area contributed by atoms with Crippen LogP contribution in [-0.4, -0.2) is 32.3 Å². The van der Waals surface area contributed by atoms with Gasteiger partial charge in [-0.3, -0.25) is 10.1 Å². The number of hydrazine groups is 1. The summed E-state index contributed by atoms with van der Waals surface area (Å²) >= 11 is 0. The Kier molecular flexibility index (Phi) is 5.64. The van der Waals surface area contributed by atoms with E-state index in [0.717, 1.165) is 42.9 Å². The summed E-state index contributed by atoms with van der Waals surface area (Å²) in [6.45, 7) is 5.85. The van der Waals surface area contributed by atoms with Crippen molar-refractivity contribution in [1.82, 2.24) is 30.6 Å². The van der Waals surface area contributed by atoms with Gasteiger partial charge in [0.15, 0.2) is 0 Å². The number of benzene rings is 1. The molecule has 1 saturated heterocycles. The Labute approximate surface area is 165 Å². The van der Waals surface area contributed by atoms with Crippen LogP contribution in [0, 0.1) is 6.92 Å². The topological polar surface area (TPSA) is 79.7 Å². The fourth-order valence-corrected chi connectivity index (χ4v) is 3.58. The first kappa shape index (κ1) is 18.6. The molecule has 0 bridgehead atoms. The van der Waals surface area contributed by atoms with E-state index in [0.29, 0.717) is 18.0 Å². The third-order valence-electron chi connectivity index (χ3n) is 5.02. The highest BCUT2D eigenvalue weighted by Gasteiger charge is 2.24. The van der Waals surface area contributed by atoms with Crippen LogP contribution in [0.25, 0.3) is 11.3 Å². The zero-order valence-corrected chi connectivity index (χ0v) is 16.4. The molecule has 2 unspecified atom stereocenters. The van der Waals surface area contributed by atoms with Crippen LogP contribution < -0.4 is 16.2 Å². The lowest BCUT2D eigenvalue weighted by Crippen LogP contribution is -2.35. The number of hydrogen-bond acceptors (Lipinski definition) is 6. The largest absolute Gasteiger partial charge is 0.353 e. The van der Waals surface area contributed by atoms with Crippen molar-refractivity contribution in [3.63, 3.8) is 0 Å². The molecule has 0 radical (unpaired) electrons. The van der Waals surface area contributed by atoms with Crippen LogP contribution in [-0.2, 0) is 6.54 Å². The molecule has 0 saturated carbocycles. The van der Waals surface area contributed by atoms with Crippen molar-refractivity contribution >= 4 is 5.95 Å². The summed E-state index contributed by atoms with van der Waals surface area (Å²) in [5.41, 5.74) is 11.0. The highest BCUT2D eigenvalue weighted by atomic mass is 15.4. The van der Waals surface area contributed by atoms with Gasteiger partial charge < -0.3 is 5.32 Å². The molecular weight excluding hydrogens is 350 g/mol. The monoisotopic (exact) mass is 377 g/mol. The molecular formula is C21H27N7. The molecule has 0 amide bonds. The van der Waals surface area contributed by atoms with E-state index in [4.69, 9.17) is 4.98 Å². The lowest BCUT2D eigenvalue weighted by molar-refractivity contribution is 0.552. The van der Waals surface area contributed by atoms with Crippen molar-refractivity contribution in [3.05, 3.63) is 60.0 Å². The molecule has 1 aromatic carbocycles. The number of nitrogens with zero attached hydrogens (tertiary/aromatic N) is 4. The summed E-state index contributed by atoms with van der Waals surface area (Å²) < 4.78 is 1.98. The number of aryl methyl sites for hydroxylation is 2. The Morgan fingerprint density at radius 3 is 2.86 bits per heavy atom. The summed E-state index contributed by atoms with van der Waals surface area (Å²) in [5, 5.41) is 7.94. The average Bonchev–Trinajstić information content (AvgIpc) is 3.34. The van der Waals surface area contributed by atoms with Crippen LogP contribution in [0.5, 0.6) is 0 Å². The van der Waals surface area contributed by atoms with E-state index in [2.05, 4.69) is 63.6 Å². The number of aromatic nitrogens is 4. The first-order chi connectivity index (χ1) is 13.7. The van der Waals surface area contributed by atoms with Gasteiger partial charge in [0.25, 0.3) is 0 Å². The minimum atomic E-state index is 0.312. The number of anilines is 1. The van der Waals surface area contributed by atoms with Crippen LogP contribution in [0.15, 0.2) is 48.8 Å². The molecule has 1 aliphatic rings. The Morgan fingerprint density at radius 1 is 1.18 bits per heavy atom. The molecule has 3 heterocycles. The fourth-order valence-electron chi connectivity index (χ4n) is 3.58. The maximum absolute atomic E-state index is 4.69. The van der Waals surface area contributed by atoms with Gasteiger partial charge in [-0.2, -0.15) is 5.10 Å². The minimum Gasteiger partial charge on any atom is -0.353 e. The SMILES string of the molecule is CCCn1cc(-c2ccnc(NCC3CC(c4ccccc4)NN3)n2)c(C)n1. The van der Waals surface area contributed by atoms with E-state index in [1.807, 2.05) is 23.7 Å². The van der Waals surface area contributed by atoms with E-state index in [1.165, 1.54) is 5.56 Å². The Morgan fingerprint density at radius 2 is 2.04 bits per heavy atom. The standard InChI is InChI=1S/C21H27N7/c1-3-11-28-14-18(15(2)27-28)19-9-10-22-21(24-19)23-13-17-12-20(26-25-17)16-7-5-4-6-8-16/h4-10,14,17,20,25-26H,3,11-13H2,1-2H3,(H,22,23,24). The average molecular weight is 377 g/mol. The Balaban J connectivity index is 1.38. The lowest BCUT2D eigenvalue weighted by atomic mass is 10.0. The second-order valence-corrected chi connectivity index (χ2v) is 7.22. The van der Waals surface area contributed by atoms with Crippen molar-refractivity contribution in [1.29, 1.82) is 0 Å². The quantitative estimate of drug-likeness (QED) is 0.587. The number of nitrogens with one attached hydrogen (secondary N) is 3. The Hall–Kier alpha value is -2.77. The molecule has 2 aromatic heterocycles. The van der Waals surface area contributed by atoms with Crippen molar-refractivity contribution in [2.75, 3.05) is 11.9 Å². The number of hydrogen-bond donors (Lipinski definition) is 3. The summed E-state index contributed by atoms with van der Waals surface area (Å²) in [6, 6.07) is 13.1. The Bertz CT molecular complexity index is 906. The predicted octanol–water partition coefficient (Wildman–Crippen LogP) is 3.08. The zero-order valence-electron chi connectivity index (χ0n) is 16.4. The highest BCUT2D eigenvalue weighted by molar-refractivity contribution is 5.61. The van der Waals surface area contributed by atoms with Crippen molar-refractivity contribution < 1.29 is 0 Å². The first-order valence-corrected chi connectivity index (χ1v) is 9.90. The highest BCUT2D eigenvalue weighted by Crippen LogP contribution is 2.23. The van der Waals surface area contributed by atoms with E-state index < -0.39 is 0 Å². The smallest absolute Gasteiger partial charge is 0.223 e. The van der Waals surface area contributed by atoms with E-state index in [-0.39, 0.29) is 0 Å². The summed E-state index contributed by atoms with van der Waals surface area (Å²) in [6.07, 6.45) is 5.94. The third kappa shape index (κ3) is 4.21. The van der Waals surface area contributed by atoms with Gasteiger partial charge in [-0.1, -0.05) is 37.3 Å². The fraction of sp³-hybridized carbons (Fsp3) is 0.381. The van der Waals surface area contributed by atoms with Gasteiger partial charge in [0.2, 0.25) is 5.95 Å². The van der Waals surface area contributed by atoms with Gasteiger partial charge in [-0.05, 0) is 31.4 Å². The lowest BCUT2D eigenvalue weighted by Gasteiger charge is -2.11. The minimum absolute atomic E-state index is 0.312. The molecule has 4 rings (SSSR count). The normalized spacial score (nSPS) is 19.1. The predicted molar refractivity (Wildman–Crippen MR) is 111 cm³/mol. The molecule has 1 aliphatic heterocycles. The van der Waals surface area contributed by atoms with Crippen LogP contribution in [0.1, 0.15) is 37.1 Å². The van der Waals surface area contributed by atoms with Crippen molar-refractivity contribution in [2.24, 2.45) is 0 Å². The summed E-state index contributed by atoms with van der Waals surface area (Å²) in [5.74, 6) is 0.644. The van der Waals surface area contributed by atoms with Gasteiger partial charge >= 0.3 is 0 Å². The second-order valence-electron chi connectivity index (χ2n) is 7.22. The van der Waals surface area contributed by atoms with E-state index in [9.17, 15) is 0 Å². The molecule has 3 N–H and O–H groups in total. The molecule has 0 aliphatic carbocycles. The van der Waals surface area contributed by atoms with Crippen LogP contribution in [0.3, 0.4) is 0 Å². The molecule has 2 atom stereocenters.